The van der Waals surface area contributed by atoms with Gasteiger partial charge in [-0.05, 0) is 42.0 Å². The third-order valence-electron chi connectivity index (χ3n) is 3.63. The molecule has 0 bridgehead atoms. The van der Waals surface area contributed by atoms with Gasteiger partial charge in [0.15, 0.2) is 0 Å². The summed E-state index contributed by atoms with van der Waals surface area (Å²) < 4.78 is 4.73. The number of carbonyl (C=O) groups is 1. The lowest BCUT2D eigenvalue weighted by atomic mass is 9.92. The molecule has 23 heavy (non-hydrogen) atoms. The number of hydrogen-bond acceptors (Lipinski definition) is 2. The predicted molar refractivity (Wildman–Crippen MR) is 90.3 cm³/mol. The van der Waals surface area contributed by atoms with Crippen LogP contribution in [0.25, 0.3) is 0 Å². The quantitative estimate of drug-likeness (QED) is 0.676. The van der Waals surface area contributed by atoms with E-state index in [0.717, 1.165) is 17.0 Å². The van der Waals surface area contributed by atoms with E-state index in [9.17, 15) is 4.79 Å². The SMILES string of the molecule is COC(=O)c1ccc(C(c2ccc(Cl)[nH]2)c2ccc(Cl)[nH]2)cc1. The number of ether oxygens (including phenoxy) is 1. The van der Waals surface area contributed by atoms with E-state index in [1.807, 2.05) is 24.3 Å². The van der Waals surface area contributed by atoms with Gasteiger partial charge in [-0.2, -0.15) is 0 Å². The fraction of sp³-hybridized carbons (Fsp3) is 0.118. The summed E-state index contributed by atoms with van der Waals surface area (Å²) in [6.07, 6.45) is 0. The monoisotopic (exact) mass is 348 g/mol. The Morgan fingerprint density at radius 1 is 0.913 bits per heavy atom. The first-order valence-corrected chi connectivity index (χ1v) is 7.71. The van der Waals surface area contributed by atoms with E-state index < -0.39 is 0 Å². The lowest BCUT2D eigenvalue weighted by molar-refractivity contribution is 0.0600. The molecule has 0 aliphatic rings. The van der Waals surface area contributed by atoms with Gasteiger partial charge in [-0.1, -0.05) is 35.3 Å². The Morgan fingerprint density at radius 3 is 1.83 bits per heavy atom. The van der Waals surface area contributed by atoms with Crippen molar-refractivity contribution in [1.82, 2.24) is 9.97 Å². The van der Waals surface area contributed by atoms with Crippen LogP contribution in [0.4, 0.5) is 0 Å². The maximum atomic E-state index is 11.6. The Kier molecular flexibility index (Phi) is 4.46. The molecular formula is C17H14Cl2N2O2. The molecule has 2 heterocycles. The van der Waals surface area contributed by atoms with Crippen LogP contribution in [0.1, 0.15) is 33.2 Å². The van der Waals surface area contributed by atoms with Crippen molar-refractivity contribution in [2.45, 2.75) is 5.92 Å². The van der Waals surface area contributed by atoms with Crippen LogP contribution in [-0.2, 0) is 4.74 Å². The number of methoxy groups -OCH3 is 1. The first-order chi connectivity index (χ1) is 11.1. The van der Waals surface area contributed by atoms with E-state index in [-0.39, 0.29) is 11.9 Å². The van der Waals surface area contributed by atoms with Gasteiger partial charge in [-0.15, -0.1) is 0 Å². The van der Waals surface area contributed by atoms with E-state index in [1.54, 1.807) is 24.3 Å². The van der Waals surface area contributed by atoms with Gasteiger partial charge in [0.25, 0.3) is 0 Å². The normalized spacial score (nSPS) is 11.0. The minimum absolute atomic E-state index is 0.0957. The number of H-pyrrole nitrogens is 2. The summed E-state index contributed by atoms with van der Waals surface area (Å²) >= 11 is 12.0. The van der Waals surface area contributed by atoms with Crippen molar-refractivity contribution < 1.29 is 9.53 Å². The van der Waals surface area contributed by atoms with Gasteiger partial charge in [0.1, 0.15) is 10.3 Å². The number of hydrogen-bond donors (Lipinski definition) is 2. The van der Waals surface area contributed by atoms with Crippen LogP contribution in [0.3, 0.4) is 0 Å². The van der Waals surface area contributed by atoms with Crippen LogP contribution < -0.4 is 0 Å². The lowest BCUT2D eigenvalue weighted by Crippen LogP contribution is -2.06. The van der Waals surface area contributed by atoms with Gasteiger partial charge in [-0.25, -0.2) is 4.79 Å². The maximum Gasteiger partial charge on any atom is 0.337 e. The van der Waals surface area contributed by atoms with E-state index in [4.69, 9.17) is 27.9 Å². The second-order valence-corrected chi connectivity index (χ2v) is 5.88. The van der Waals surface area contributed by atoms with E-state index in [0.29, 0.717) is 15.9 Å². The highest BCUT2D eigenvalue weighted by Gasteiger charge is 2.20. The predicted octanol–water partition coefficient (Wildman–Crippen LogP) is 4.62. The van der Waals surface area contributed by atoms with Crippen LogP contribution in [0.2, 0.25) is 10.3 Å². The summed E-state index contributed by atoms with van der Waals surface area (Å²) in [7, 11) is 1.36. The standard InChI is InChI=1S/C17H14Cl2N2O2/c1-23-17(22)11-4-2-10(3-5-11)16(12-6-8-14(18)20-12)13-7-9-15(19)21-13/h2-9,16,20-21H,1H3. The molecule has 0 atom stereocenters. The molecule has 2 N–H and O–H groups in total. The molecule has 3 aromatic rings. The van der Waals surface area contributed by atoms with E-state index >= 15 is 0 Å². The lowest BCUT2D eigenvalue weighted by Gasteiger charge is -2.15. The highest BCUT2D eigenvalue weighted by atomic mass is 35.5. The average Bonchev–Trinajstić information content (AvgIpc) is 3.17. The minimum atomic E-state index is -0.362. The number of benzene rings is 1. The van der Waals surface area contributed by atoms with E-state index in [2.05, 4.69) is 9.97 Å². The summed E-state index contributed by atoms with van der Waals surface area (Å²) in [6.45, 7) is 0. The first kappa shape index (κ1) is 15.7. The number of esters is 1. The number of halogens is 2. The number of nitrogens with one attached hydrogen (secondary N) is 2. The van der Waals surface area contributed by atoms with Crippen LogP contribution in [0, 0.1) is 0 Å². The molecule has 0 aliphatic carbocycles. The third kappa shape index (κ3) is 3.28. The maximum absolute atomic E-state index is 11.6. The average molecular weight is 349 g/mol. The second-order valence-electron chi connectivity index (χ2n) is 5.07. The molecule has 3 rings (SSSR count). The van der Waals surface area contributed by atoms with Crippen molar-refractivity contribution in [1.29, 1.82) is 0 Å². The number of aromatic amines is 2. The molecule has 0 aliphatic heterocycles. The summed E-state index contributed by atoms with van der Waals surface area (Å²) in [5.41, 5.74) is 3.36. The van der Waals surface area contributed by atoms with Gasteiger partial charge in [-0.3, -0.25) is 0 Å². The molecule has 4 nitrogen and oxygen atoms in total. The molecule has 6 heteroatoms. The van der Waals surface area contributed by atoms with Crippen LogP contribution in [0.15, 0.2) is 48.5 Å². The van der Waals surface area contributed by atoms with Crippen molar-refractivity contribution in [3.63, 3.8) is 0 Å². The molecule has 1 aromatic carbocycles. The Balaban J connectivity index is 2.03. The van der Waals surface area contributed by atoms with Crippen molar-refractivity contribution in [2.75, 3.05) is 7.11 Å². The molecular weight excluding hydrogens is 335 g/mol. The van der Waals surface area contributed by atoms with Gasteiger partial charge < -0.3 is 14.7 Å². The van der Waals surface area contributed by atoms with Gasteiger partial charge in [0, 0.05) is 11.4 Å². The summed E-state index contributed by atoms with van der Waals surface area (Å²) in [5.74, 6) is -0.458. The molecule has 0 fully saturated rings. The fourth-order valence-electron chi connectivity index (χ4n) is 2.56. The largest absolute Gasteiger partial charge is 0.465 e. The topological polar surface area (TPSA) is 57.9 Å². The smallest absolute Gasteiger partial charge is 0.337 e. The first-order valence-electron chi connectivity index (χ1n) is 6.95. The zero-order valence-corrected chi connectivity index (χ0v) is 13.8. The molecule has 0 saturated carbocycles. The van der Waals surface area contributed by atoms with Crippen LogP contribution >= 0.6 is 23.2 Å². The van der Waals surface area contributed by atoms with Crippen molar-refractivity contribution in [3.8, 4) is 0 Å². The summed E-state index contributed by atoms with van der Waals surface area (Å²) in [4.78, 5) is 17.9. The zero-order chi connectivity index (χ0) is 16.4. The molecule has 0 spiro atoms. The Bertz CT molecular complexity index is 781. The molecule has 0 amide bonds. The Labute approximate surface area is 143 Å². The zero-order valence-electron chi connectivity index (χ0n) is 12.3. The van der Waals surface area contributed by atoms with Crippen LogP contribution in [-0.4, -0.2) is 23.0 Å². The van der Waals surface area contributed by atoms with Crippen molar-refractivity contribution in [3.05, 3.63) is 81.4 Å². The van der Waals surface area contributed by atoms with Gasteiger partial charge >= 0.3 is 5.97 Å². The number of rotatable bonds is 4. The van der Waals surface area contributed by atoms with Gasteiger partial charge in [0.2, 0.25) is 0 Å². The minimum Gasteiger partial charge on any atom is -0.465 e. The fourth-order valence-corrected chi connectivity index (χ4v) is 2.91. The van der Waals surface area contributed by atoms with E-state index in [1.165, 1.54) is 7.11 Å². The Hall–Kier alpha value is -2.17. The van der Waals surface area contributed by atoms with Crippen LogP contribution in [0.5, 0.6) is 0 Å². The number of aromatic nitrogens is 2. The molecule has 0 saturated heterocycles. The summed E-state index contributed by atoms with van der Waals surface area (Å²) in [6, 6.07) is 14.7. The highest BCUT2D eigenvalue weighted by Crippen LogP contribution is 2.32. The molecule has 2 aromatic heterocycles. The molecule has 0 radical (unpaired) electrons. The second kappa shape index (κ2) is 6.52. The molecule has 118 valence electrons. The summed E-state index contributed by atoms with van der Waals surface area (Å²) in [5, 5.41) is 1.13. The highest BCUT2D eigenvalue weighted by molar-refractivity contribution is 6.29. The Morgan fingerprint density at radius 2 is 1.43 bits per heavy atom. The van der Waals surface area contributed by atoms with Crippen molar-refractivity contribution >= 4 is 29.2 Å². The third-order valence-corrected chi connectivity index (χ3v) is 4.07. The van der Waals surface area contributed by atoms with Gasteiger partial charge in [0.05, 0.1) is 18.6 Å². The number of carbonyl (C=O) groups excluding carboxylic acids is 1. The molecule has 0 unspecified atom stereocenters. The van der Waals surface area contributed by atoms with Crippen molar-refractivity contribution in [2.24, 2.45) is 0 Å².